The van der Waals surface area contributed by atoms with Gasteiger partial charge in [-0.2, -0.15) is 0 Å². The van der Waals surface area contributed by atoms with Gasteiger partial charge >= 0.3 is 5.97 Å². The Hall–Kier alpha value is -2.44. The van der Waals surface area contributed by atoms with Crippen molar-refractivity contribution >= 4 is 18.0 Å². The summed E-state index contributed by atoms with van der Waals surface area (Å²) in [6, 6.07) is 9.45. The minimum atomic E-state index is -0.947. The lowest BCUT2D eigenvalue weighted by Crippen LogP contribution is -2.58. The molecule has 0 spiro atoms. The third-order valence-corrected chi connectivity index (χ3v) is 5.35. The van der Waals surface area contributed by atoms with Crippen LogP contribution in [0, 0.1) is 0 Å². The summed E-state index contributed by atoms with van der Waals surface area (Å²) in [5, 5.41) is 16.1. The van der Waals surface area contributed by atoms with Gasteiger partial charge in [-0.15, -0.1) is 0 Å². The fourth-order valence-corrected chi connectivity index (χ4v) is 3.74. The van der Waals surface area contributed by atoms with Crippen LogP contribution < -0.4 is 10.6 Å². The zero-order chi connectivity index (χ0) is 22.1. The molecule has 1 aromatic rings. The number of rotatable bonds is 10. The second-order valence-electron chi connectivity index (χ2n) is 7.86. The highest BCUT2D eigenvalue weighted by atomic mass is 16.5. The molecule has 0 aliphatic heterocycles. The Bertz CT molecular complexity index is 769. The van der Waals surface area contributed by atoms with Crippen molar-refractivity contribution in [3.8, 4) is 0 Å². The summed E-state index contributed by atoms with van der Waals surface area (Å²) >= 11 is 0. The molecule has 0 saturated carbocycles. The maximum absolute atomic E-state index is 11.9. The van der Waals surface area contributed by atoms with Gasteiger partial charge in [-0.1, -0.05) is 55.8 Å². The number of nitrogens with one attached hydrogen (secondary N) is 2. The van der Waals surface area contributed by atoms with Crippen molar-refractivity contribution < 1.29 is 19.4 Å². The molecule has 1 aliphatic carbocycles. The van der Waals surface area contributed by atoms with E-state index in [4.69, 9.17) is 4.74 Å². The summed E-state index contributed by atoms with van der Waals surface area (Å²) in [6.45, 7) is 8.17. The first-order valence-corrected chi connectivity index (χ1v) is 10.7. The highest BCUT2D eigenvalue weighted by Crippen LogP contribution is 2.25. The van der Waals surface area contributed by atoms with Gasteiger partial charge in [0.05, 0.1) is 18.2 Å². The fourth-order valence-electron chi connectivity index (χ4n) is 3.74. The van der Waals surface area contributed by atoms with Gasteiger partial charge in [-0.3, -0.25) is 4.79 Å². The van der Waals surface area contributed by atoms with Crippen molar-refractivity contribution in [2.45, 2.75) is 71.2 Å². The normalized spacial score (nSPS) is 22.0. The maximum Gasteiger partial charge on any atom is 0.331 e. The van der Waals surface area contributed by atoms with E-state index < -0.39 is 12.1 Å². The highest BCUT2D eigenvalue weighted by Gasteiger charge is 2.37. The van der Waals surface area contributed by atoms with Crippen molar-refractivity contribution in [2.24, 2.45) is 0 Å². The van der Waals surface area contributed by atoms with Crippen molar-refractivity contribution in [1.82, 2.24) is 10.6 Å². The molecule has 2 rings (SSSR count). The molecule has 0 heterocycles. The number of carbonyl (C=O) groups is 2. The number of benzene rings is 1. The first kappa shape index (κ1) is 23.8. The SMILES string of the molecule is CCC(CC)O[C@@H]1C=C(C(=O)O)C[C@H](NC/C(C)=C/c2ccccc2)[C@H]1NC(C)=O. The van der Waals surface area contributed by atoms with Crippen LogP contribution in [0.5, 0.6) is 0 Å². The number of carbonyl (C=O) groups excluding carboxylic acids is 1. The van der Waals surface area contributed by atoms with Crippen LogP contribution in [-0.2, 0) is 14.3 Å². The lowest BCUT2D eigenvalue weighted by atomic mass is 9.87. The number of amides is 1. The molecule has 1 aliphatic rings. The van der Waals surface area contributed by atoms with Gasteiger partial charge in [0.25, 0.3) is 0 Å². The average Bonchev–Trinajstić information content (AvgIpc) is 2.72. The van der Waals surface area contributed by atoms with E-state index in [0.717, 1.165) is 24.0 Å². The Kier molecular flexibility index (Phi) is 9.27. The van der Waals surface area contributed by atoms with Crippen molar-refractivity contribution in [3.05, 3.63) is 53.1 Å². The van der Waals surface area contributed by atoms with Crippen LogP contribution >= 0.6 is 0 Å². The van der Waals surface area contributed by atoms with Crippen LogP contribution in [0.15, 0.2) is 47.6 Å². The van der Waals surface area contributed by atoms with E-state index in [1.54, 1.807) is 6.08 Å². The lowest BCUT2D eigenvalue weighted by molar-refractivity contribution is -0.133. The molecule has 30 heavy (non-hydrogen) atoms. The summed E-state index contributed by atoms with van der Waals surface area (Å²) in [4.78, 5) is 23.6. The number of hydrogen-bond acceptors (Lipinski definition) is 4. The Morgan fingerprint density at radius 1 is 1.20 bits per heavy atom. The second kappa shape index (κ2) is 11.7. The van der Waals surface area contributed by atoms with Crippen LogP contribution in [0.3, 0.4) is 0 Å². The standard InChI is InChI=1S/C24H34N2O4/c1-5-20(6-2)30-22-14-19(24(28)29)13-21(23(22)26-17(4)27)25-15-16(3)12-18-10-8-7-9-11-18/h7-12,14,20-23,25H,5-6,13,15H2,1-4H3,(H,26,27)(H,28,29)/b16-12+/t21-,22+,23+/m0/s1. The lowest BCUT2D eigenvalue weighted by Gasteiger charge is -2.38. The van der Waals surface area contributed by atoms with Gasteiger partial charge in [0.1, 0.15) is 0 Å². The van der Waals surface area contributed by atoms with Gasteiger partial charge in [0, 0.05) is 25.1 Å². The Balaban J connectivity index is 2.21. The van der Waals surface area contributed by atoms with Crippen LogP contribution in [0.1, 0.15) is 52.5 Å². The Labute approximate surface area is 179 Å². The molecule has 164 valence electrons. The predicted molar refractivity (Wildman–Crippen MR) is 119 cm³/mol. The minimum Gasteiger partial charge on any atom is -0.478 e. The molecule has 1 aromatic carbocycles. The van der Waals surface area contributed by atoms with Crippen molar-refractivity contribution in [2.75, 3.05) is 6.54 Å². The van der Waals surface area contributed by atoms with Crippen LogP contribution in [0.2, 0.25) is 0 Å². The monoisotopic (exact) mass is 414 g/mol. The third-order valence-electron chi connectivity index (χ3n) is 5.35. The zero-order valence-corrected chi connectivity index (χ0v) is 18.4. The molecule has 1 amide bonds. The molecular weight excluding hydrogens is 380 g/mol. The highest BCUT2D eigenvalue weighted by molar-refractivity contribution is 5.87. The Morgan fingerprint density at radius 2 is 1.87 bits per heavy atom. The summed E-state index contributed by atoms with van der Waals surface area (Å²) in [5.74, 6) is -1.11. The molecule has 3 atom stereocenters. The molecular formula is C24H34N2O4. The van der Waals surface area contributed by atoms with E-state index in [1.165, 1.54) is 6.92 Å². The molecule has 3 N–H and O–H groups in total. The van der Waals surface area contributed by atoms with Gasteiger partial charge in [-0.25, -0.2) is 4.79 Å². The summed E-state index contributed by atoms with van der Waals surface area (Å²) in [6.07, 6.45) is 5.24. The number of ether oxygens (including phenoxy) is 1. The quantitative estimate of drug-likeness (QED) is 0.545. The second-order valence-corrected chi connectivity index (χ2v) is 7.86. The number of carboxylic acid groups (broad SMARTS) is 1. The zero-order valence-electron chi connectivity index (χ0n) is 18.4. The minimum absolute atomic E-state index is 0.0102. The molecule has 0 unspecified atom stereocenters. The van der Waals surface area contributed by atoms with Crippen molar-refractivity contribution in [1.29, 1.82) is 0 Å². The number of carboxylic acids is 1. The molecule has 0 fully saturated rings. The van der Waals surface area contributed by atoms with E-state index in [9.17, 15) is 14.7 Å². The molecule has 6 heteroatoms. The van der Waals surface area contributed by atoms with Crippen LogP contribution in [0.25, 0.3) is 6.08 Å². The number of aliphatic carboxylic acids is 1. The molecule has 0 saturated heterocycles. The predicted octanol–water partition coefficient (Wildman–Crippen LogP) is 3.54. The molecule has 0 radical (unpaired) electrons. The molecule has 6 nitrogen and oxygen atoms in total. The van der Waals surface area contributed by atoms with Crippen LogP contribution in [-0.4, -0.2) is 47.8 Å². The summed E-state index contributed by atoms with van der Waals surface area (Å²) in [7, 11) is 0. The summed E-state index contributed by atoms with van der Waals surface area (Å²) < 4.78 is 6.21. The first-order valence-electron chi connectivity index (χ1n) is 10.7. The average molecular weight is 415 g/mol. The van der Waals surface area contributed by atoms with Gasteiger partial charge < -0.3 is 20.5 Å². The van der Waals surface area contributed by atoms with Gasteiger partial charge in [0.2, 0.25) is 5.91 Å². The smallest absolute Gasteiger partial charge is 0.331 e. The van der Waals surface area contributed by atoms with Crippen molar-refractivity contribution in [3.63, 3.8) is 0 Å². The van der Waals surface area contributed by atoms with Gasteiger partial charge in [-0.05, 0) is 37.8 Å². The molecule has 0 bridgehead atoms. The van der Waals surface area contributed by atoms with Gasteiger partial charge in [0.15, 0.2) is 0 Å². The van der Waals surface area contributed by atoms with E-state index in [0.29, 0.717) is 18.5 Å². The summed E-state index contributed by atoms with van der Waals surface area (Å²) in [5.41, 5.74) is 2.54. The first-order chi connectivity index (χ1) is 14.3. The Morgan fingerprint density at radius 3 is 2.43 bits per heavy atom. The third kappa shape index (κ3) is 7.11. The van der Waals surface area contributed by atoms with Crippen LogP contribution in [0.4, 0.5) is 0 Å². The largest absolute Gasteiger partial charge is 0.478 e. The van der Waals surface area contributed by atoms with E-state index in [2.05, 4.69) is 16.7 Å². The fraction of sp³-hybridized carbons (Fsp3) is 0.500. The molecule has 0 aromatic heterocycles. The topological polar surface area (TPSA) is 87.7 Å². The van der Waals surface area contributed by atoms with E-state index in [-0.39, 0.29) is 24.1 Å². The number of hydrogen-bond donors (Lipinski definition) is 3. The van der Waals surface area contributed by atoms with E-state index in [1.807, 2.05) is 51.1 Å². The van der Waals surface area contributed by atoms with E-state index >= 15 is 0 Å². The maximum atomic E-state index is 11.9.